The molecule has 1 aliphatic carbocycles. The number of carbonyl (C=O) groups excluding carboxylic acids is 2. The fourth-order valence-electron chi connectivity index (χ4n) is 2.57. The summed E-state index contributed by atoms with van der Waals surface area (Å²) >= 11 is 6.05. The van der Waals surface area contributed by atoms with E-state index in [4.69, 9.17) is 16.3 Å². The number of nitrogens with zero attached hydrogens (tertiary/aromatic N) is 1. The van der Waals surface area contributed by atoms with Crippen molar-refractivity contribution in [2.75, 3.05) is 25.0 Å². The summed E-state index contributed by atoms with van der Waals surface area (Å²) in [7, 11) is -3.76. The number of hydrogen-bond donors (Lipinski definition) is 1. The molecule has 1 aromatic carbocycles. The van der Waals surface area contributed by atoms with Gasteiger partial charge in [-0.15, -0.1) is 0 Å². The number of esters is 1. The van der Waals surface area contributed by atoms with E-state index < -0.39 is 22.5 Å². The Kier molecular flexibility index (Phi) is 6.65. The van der Waals surface area contributed by atoms with Gasteiger partial charge in [-0.2, -0.15) is 4.31 Å². The predicted molar refractivity (Wildman–Crippen MR) is 98.4 cm³/mol. The molecule has 7 nitrogen and oxygen atoms in total. The van der Waals surface area contributed by atoms with Gasteiger partial charge in [-0.1, -0.05) is 32.4 Å². The number of carbonyl (C=O) groups is 2. The van der Waals surface area contributed by atoms with Crippen LogP contribution in [0.2, 0.25) is 5.02 Å². The van der Waals surface area contributed by atoms with Gasteiger partial charge >= 0.3 is 5.97 Å². The van der Waals surface area contributed by atoms with Gasteiger partial charge in [0, 0.05) is 18.8 Å². The van der Waals surface area contributed by atoms with E-state index in [1.54, 1.807) is 13.8 Å². The van der Waals surface area contributed by atoms with Gasteiger partial charge in [0.2, 0.25) is 10.0 Å². The predicted octanol–water partition coefficient (Wildman–Crippen LogP) is 2.51. The summed E-state index contributed by atoms with van der Waals surface area (Å²) in [6, 6.07) is 4.20. The van der Waals surface area contributed by atoms with Crippen molar-refractivity contribution in [2.24, 2.45) is 11.8 Å². The molecule has 144 valence electrons. The van der Waals surface area contributed by atoms with E-state index in [1.165, 1.54) is 22.5 Å². The number of halogens is 1. The normalized spacial score (nSPS) is 19.3. The van der Waals surface area contributed by atoms with Crippen molar-refractivity contribution in [3.63, 3.8) is 0 Å². The fraction of sp³-hybridized carbons (Fsp3) is 0.529. The van der Waals surface area contributed by atoms with Crippen molar-refractivity contribution in [2.45, 2.75) is 32.1 Å². The van der Waals surface area contributed by atoms with Gasteiger partial charge in [-0.3, -0.25) is 9.59 Å². The van der Waals surface area contributed by atoms with E-state index in [9.17, 15) is 18.0 Å². The van der Waals surface area contributed by atoms with E-state index in [-0.39, 0.29) is 27.5 Å². The van der Waals surface area contributed by atoms with E-state index in [1.807, 2.05) is 6.92 Å². The van der Waals surface area contributed by atoms with Crippen LogP contribution in [0, 0.1) is 11.8 Å². The molecule has 0 saturated heterocycles. The smallest absolute Gasteiger partial charge is 0.309 e. The molecular formula is C17H23ClN2O5S. The highest BCUT2D eigenvalue weighted by molar-refractivity contribution is 7.89. The van der Waals surface area contributed by atoms with Crippen molar-refractivity contribution in [3.8, 4) is 0 Å². The van der Waals surface area contributed by atoms with Gasteiger partial charge in [0.1, 0.15) is 4.90 Å². The average molecular weight is 403 g/mol. The Morgan fingerprint density at radius 2 is 1.92 bits per heavy atom. The molecule has 1 aromatic rings. The third-order valence-electron chi connectivity index (χ3n) is 4.30. The maximum absolute atomic E-state index is 12.6. The summed E-state index contributed by atoms with van der Waals surface area (Å²) < 4.78 is 31.5. The van der Waals surface area contributed by atoms with Crippen LogP contribution < -0.4 is 5.32 Å². The highest BCUT2D eigenvalue weighted by Gasteiger charge is 2.40. The highest BCUT2D eigenvalue weighted by Crippen LogP contribution is 2.38. The van der Waals surface area contributed by atoms with Crippen LogP contribution in [-0.4, -0.2) is 44.3 Å². The lowest BCUT2D eigenvalue weighted by atomic mass is 10.3. The number of anilines is 1. The minimum Gasteiger partial charge on any atom is -0.455 e. The van der Waals surface area contributed by atoms with Crippen molar-refractivity contribution in [1.82, 2.24) is 4.31 Å². The number of amides is 1. The molecule has 0 heterocycles. The van der Waals surface area contributed by atoms with Gasteiger partial charge in [-0.05, 0) is 30.5 Å². The van der Waals surface area contributed by atoms with Crippen molar-refractivity contribution in [1.29, 1.82) is 0 Å². The minimum absolute atomic E-state index is 0.0732. The fourth-order valence-corrected chi connectivity index (χ4v) is 4.53. The third-order valence-corrected chi connectivity index (χ3v) is 6.83. The molecule has 1 N–H and O–H groups in total. The standard InChI is InChI=1S/C17H23ClN2O5S/c1-4-20(5-2)26(23,24)15-9-12(6-7-14(15)18)19-16(21)10-25-17(22)13-8-11(13)3/h6-7,9,11,13H,4-5,8,10H2,1-3H3,(H,19,21)/t11-,13+/m1/s1. The van der Waals surface area contributed by atoms with Gasteiger partial charge in [0.25, 0.3) is 5.91 Å². The van der Waals surface area contributed by atoms with Crippen LogP contribution in [-0.2, 0) is 24.3 Å². The summed E-state index contributed by atoms with van der Waals surface area (Å²) in [5.41, 5.74) is 0.265. The first-order chi connectivity index (χ1) is 12.2. The molecule has 9 heteroatoms. The van der Waals surface area contributed by atoms with E-state index >= 15 is 0 Å². The molecule has 0 bridgehead atoms. The minimum atomic E-state index is -3.76. The topological polar surface area (TPSA) is 92.8 Å². The summed E-state index contributed by atoms with van der Waals surface area (Å²) in [4.78, 5) is 23.5. The van der Waals surface area contributed by atoms with Crippen LogP contribution in [0.25, 0.3) is 0 Å². The number of hydrogen-bond acceptors (Lipinski definition) is 5. The van der Waals surface area contributed by atoms with Crippen molar-refractivity contribution >= 4 is 39.2 Å². The molecule has 2 rings (SSSR count). The lowest BCUT2D eigenvalue weighted by Gasteiger charge is -2.19. The van der Waals surface area contributed by atoms with Crippen LogP contribution in [0.1, 0.15) is 27.2 Å². The number of rotatable bonds is 8. The molecule has 2 atom stereocenters. The van der Waals surface area contributed by atoms with Crippen molar-refractivity contribution < 1.29 is 22.7 Å². The molecule has 0 radical (unpaired) electrons. The van der Waals surface area contributed by atoms with Crippen LogP contribution >= 0.6 is 11.6 Å². The molecule has 0 spiro atoms. The van der Waals surface area contributed by atoms with Crippen LogP contribution in [0.4, 0.5) is 5.69 Å². The highest BCUT2D eigenvalue weighted by atomic mass is 35.5. The first kappa shape index (κ1) is 20.7. The Balaban J connectivity index is 2.06. The zero-order valence-electron chi connectivity index (χ0n) is 15.0. The second-order valence-corrected chi connectivity index (χ2v) is 8.52. The van der Waals surface area contributed by atoms with E-state index in [2.05, 4.69) is 5.32 Å². The molecule has 26 heavy (non-hydrogen) atoms. The van der Waals surface area contributed by atoms with Gasteiger partial charge in [0.15, 0.2) is 6.61 Å². The lowest BCUT2D eigenvalue weighted by molar-refractivity contribution is -0.148. The monoisotopic (exact) mass is 402 g/mol. The summed E-state index contributed by atoms with van der Waals surface area (Å²) in [5, 5.41) is 2.60. The zero-order chi connectivity index (χ0) is 19.5. The second kappa shape index (κ2) is 8.37. The van der Waals surface area contributed by atoms with Crippen LogP contribution in [0.3, 0.4) is 0 Å². The molecule has 0 aromatic heterocycles. The molecule has 1 fully saturated rings. The molecule has 1 saturated carbocycles. The van der Waals surface area contributed by atoms with Crippen molar-refractivity contribution in [3.05, 3.63) is 23.2 Å². The average Bonchev–Trinajstić information content (AvgIpc) is 3.32. The Labute approximate surface area is 158 Å². The van der Waals surface area contributed by atoms with Crippen LogP contribution in [0.5, 0.6) is 0 Å². The Morgan fingerprint density at radius 3 is 2.46 bits per heavy atom. The summed E-state index contributed by atoms with van der Waals surface area (Å²) in [5.74, 6) is -0.743. The molecular weight excluding hydrogens is 380 g/mol. The molecule has 1 aliphatic rings. The Hall–Kier alpha value is -1.64. The van der Waals surface area contributed by atoms with Gasteiger partial charge in [0.05, 0.1) is 10.9 Å². The summed E-state index contributed by atoms with van der Waals surface area (Å²) in [6.07, 6.45) is 0.782. The number of nitrogens with one attached hydrogen (secondary N) is 1. The third kappa shape index (κ3) is 4.75. The zero-order valence-corrected chi connectivity index (χ0v) is 16.6. The molecule has 0 aliphatic heterocycles. The van der Waals surface area contributed by atoms with Gasteiger partial charge < -0.3 is 10.1 Å². The van der Waals surface area contributed by atoms with E-state index in [0.29, 0.717) is 19.0 Å². The van der Waals surface area contributed by atoms with Gasteiger partial charge in [-0.25, -0.2) is 8.42 Å². The van der Waals surface area contributed by atoms with Crippen LogP contribution in [0.15, 0.2) is 23.1 Å². The lowest BCUT2D eigenvalue weighted by Crippen LogP contribution is -2.31. The Bertz CT molecular complexity index is 792. The summed E-state index contributed by atoms with van der Waals surface area (Å²) in [6.45, 7) is 5.61. The number of ether oxygens (including phenoxy) is 1. The molecule has 0 unspecified atom stereocenters. The Morgan fingerprint density at radius 1 is 1.31 bits per heavy atom. The largest absolute Gasteiger partial charge is 0.455 e. The van der Waals surface area contributed by atoms with E-state index in [0.717, 1.165) is 6.42 Å². The number of benzene rings is 1. The first-order valence-electron chi connectivity index (χ1n) is 8.46. The second-order valence-electron chi connectivity index (χ2n) is 6.21. The SMILES string of the molecule is CCN(CC)S(=O)(=O)c1cc(NC(=O)COC(=O)[C@H]2C[C@H]2C)ccc1Cl. The maximum atomic E-state index is 12.6. The number of sulfonamides is 1. The quantitative estimate of drug-likeness (QED) is 0.674. The molecule has 1 amide bonds. The first-order valence-corrected chi connectivity index (χ1v) is 10.3. The maximum Gasteiger partial charge on any atom is 0.309 e.